The van der Waals surface area contributed by atoms with Crippen LogP contribution in [0.2, 0.25) is 0 Å². The molecule has 0 saturated heterocycles. The summed E-state index contributed by atoms with van der Waals surface area (Å²) in [5.74, 6) is 1.40. The Morgan fingerprint density at radius 3 is 2.69 bits per heavy atom. The maximum atomic E-state index is 9.45. The van der Waals surface area contributed by atoms with Gasteiger partial charge in [0.25, 0.3) is 0 Å². The second kappa shape index (κ2) is 6.35. The minimum atomic E-state index is -0.511. The Bertz CT molecular complexity index is 328. The number of nitrogens with two attached hydrogens (primary N) is 1. The minimum Gasteiger partial charge on any atom is -0.493 e. The fourth-order valence-electron chi connectivity index (χ4n) is 1.47. The van der Waals surface area contributed by atoms with Gasteiger partial charge in [0.15, 0.2) is 11.5 Å². The molecule has 0 aliphatic heterocycles. The van der Waals surface area contributed by atoms with E-state index in [1.54, 1.807) is 7.11 Å². The molecule has 0 amide bonds. The molecule has 1 aromatic carbocycles. The van der Waals surface area contributed by atoms with Gasteiger partial charge in [0.05, 0.1) is 19.8 Å². The molecular formula is C12H19NO3. The minimum absolute atomic E-state index is 0.259. The highest BCUT2D eigenvalue weighted by Gasteiger charge is 2.08. The van der Waals surface area contributed by atoms with E-state index in [1.807, 2.05) is 25.1 Å². The lowest BCUT2D eigenvalue weighted by molar-refractivity contribution is 0.183. The van der Waals surface area contributed by atoms with Gasteiger partial charge >= 0.3 is 0 Å². The number of aliphatic hydroxyl groups is 1. The van der Waals surface area contributed by atoms with Crippen LogP contribution in [-0.2, 0) is 6.42 Å². The van der Waals surface area contributed by atoms with E-state index in [2.05, 4.69) is 0 Å². The summed E-state index contributed by atoms with van der Waals surface area (Å²) < 4.78 is 10.6. The summed E-state index contributed by atoms with van der Waals surface area (Å²) in [5, 5.41) is 9.45. The molecule has 90 valence electrons. The molecule has 1 aromatic rings. The van der Waals surface area contributed by atoms with Crippen molar-refractivity contribution < 1.29 is 14.6 Å². The molecule has 1 rings (SSSR count). The van der Waals surface area contributed by atoms with Crippen LogP contribution >= 0.6 is 0 Å². The van der Waals surface area contributed by atoms with E-state index < -0.39 is 6.10 Å². The quantitative estimate of drug-likeness (QED) is 0.756. The van der Waals surface area contributed by atoms with E-state index in [4.69, 9.17) is 15.2 Å². The van der Waals surface area contributed by atoms with Crippen molar-refractivity contribution in [2.75, 3.05) is 20.3 Å². The van der Waals surface area contributed by atoms with Crippen LogP contribution in [0.1, 0.15) is 12.5 Å². The molecule has 4 heteroatoms. The largest absolute Gasteiger partial charge is 0.493 e. The molecule has 1 unspecified atom stereocenters. The molecule has 3 N–H and O–H groups in total. The number of benzene rings is 1. The van der Waals surface area contributed by atoms with Crippen molar-refractivity contribution in [2.45, 2.75) is 19.4 Å². The van der Waals surface area contributed by atoms with Crippen molar-refractivity contribution in [3.63, 3.8) is 0 Å². The number of aliphatic hydroxyl groups excluding tert-OH is 1. The van der Waals surface area contributed by atoms with Crippen LogP contribution in [0.5, 0.6) is 11.5 Å². The van der Waals surface area contributed by atoms with Crippen LogP contribution in [0.25, 0.3) is 0 Å². The smallest absolute Gasteiger partial charge is 0.161 e. The third-order valence-corrected chi connectivity index (χ3v) is 2.27. The summed E-state index contributed by atoms with van der Waals surface area (Å²) in [6, 6.07) is 5.62. The molecule has 16 heavy (non-hydrogen) atoms. The lowest BCUT2D eigenvalue weighted by Gasteiger charge is -2.12. The van der Waals surface area contributed by atoms with E-state index in [1.165, 1.54) is 0 Å². The maximum absolute atomic E-state index is 9.45. The van der Waals surface area contributed by atoms with Crippen molar-refractivity contribution in [1.29, 1.82) is 0 Å². The standard InChI is InChI=1S/C12H19NO3/c1-3-16-11-5-4-9(6-10(14)8-13)7-12(11)15-2/h4-5,7,10,14H,3,6,8,13H2,1-2H3. The Balaban J connectivity index is 2.81. The predicted octanol–water partition coefficient (Wildman–Crippen LogP) is 0.956. The Hall–Kier alpha value is -1.26. The lowest BCUT2D eigenvalue weighted by Crippen LogP contribution is -2.21. The molecule has 1 atom stereocenters. The zero-order valence-corrected chi connectivity index (χ0v) is 9.77. The summed E-state index contributed by atoms with van der Waals surface area (Å²) in [7, 11) is 1.60. The Labute approximate surface area is 96.0 Å². The van der Waals surface area contributed by atoms with Gasteiger partial charge in [0.1, 0.15) is 0 Å². The summed E-state index contributed by atoms with van der Waals surface area (Å²) in [6.45, 7) is 2.78. The molecule has 0 saturated carbocycles. The molecular weight excluding hydrogens is 206 g/mol. The van der Waals surface area contributed by atoms with Crippen LogP contribution in [0.3, 0.4) is 0 Å². The van der Waals surface area contributed by atoms with E-state index in [0.29, 0.717) is 18.8 Å². The highest BCUT2D eigenvalue weighted by atomic mass is 16.5. The van der Waals surface area contributed by atoms with Gasteiger partial charge in [0.2, 0.25) is 0 Å². The van der Waals surface area contributed by atoms with Crippen LogP contribution in [0.4, 0.5) is 0 Å². The maximum Gasteiger partial charge on any atom is 0.161 e. The SMILES string of the molecule is CCOc1ccc(CC(O)CN)cc1OC. The molecule has 0 heterocycles. The number of ether oxygens (including phenoxy) is 2. The van der Waals surface area contributed by atoms with E-state index in [9.17, 15) is 5.11 Å². The van der Waals surface area contributed by atoms with Gasteiger partial charge in [-0.1, -0.05) is 6.07 Å². The van der Waals surface area contributed by atoms with E-state index >= 15 is 0 Å². The second-order valence-electron chi connectivity index (χ2n) is 3.51. The van der Waals surface area contributed by atoms with Crippen molar-refractivity contribution in [3.8, 4) is 11.5 Å². The zero-order chi connectivity index (χ0) is 12.0. The highest BCUT2D eigenvalue weighted by molar-refractivity contribution is 5.43. The fraction of sp³-hybridized carbons (Fsp3) is 0.500. The van der Waals surface area contributed by atoms with Gasteiger partial charge in [-0.2, -0.15) is 0 Å². The van der Waals surface area contributed by atoms with Crippen molar-refractivity contribution in [2.24, 2.45) is 5.73 Å². The van der Waals surface area contributed by atoms with Crippen LogP contribution in [-0.4, -0.2) is 31.5 Å². The van der Waals surface area contributed by atoms with Crippen molar-refractivity contribution in [3.05, 3.63) is 23.8 Å². The van der Waals surface area contributed by atoms with E-state index in [-0.39, 0.29) is 6.54 Å². The van der Waals surface area contributed by atoms with Crippen molar-refractivity contribution >= 4 is 0 Å². The first-order valence-corrected chi connectivity index (χ1v) is 5.39. The topological polar surface area (TPSA) is 64.7 Å². The first-order valence-electron chi connectivity index (χ1n) is 5.39. The number of methoxy groups -OCH3 is 1. The third kappa shape index (κ3) is 3.40. The van der Waals surface area contributed by atoms with Gasteiger partial charge < -0.3 is 20.3 Å². The normalized spacial score (nSPS) is 12.2. The van der Waals surface area contributed by atoms with Gasteiger partial charge in [-0.05, 0) is 31.0 Å². The van der Waals surface area contributed by atoms with Crippen molar-refractivity contribution in [1.82, 2.24) is 0 Å². The van der Waals surface area contributed by atoms with Crippen LogP contribution < -0.4 is 15.2 Å². The molecule has 0 radical (unpaired) electrons. The summed E-state index contributed by atoms with van der Waals surface area (Å²) >= 11 is 0. The number of hydrogen-bond donors (Lipinski definition) is 2. The molecule has 0 aliphatic carbocycles. The molecule has 0 aliphatic rings. The van der Waals surface area contributed by atoms with Crippen LogP contribution in [0.15, 0.2) is 18.2 Å². The van der Waals surface area contributed by atoms with Gasteiger partial charge in [-0.15, -0.1) is 0 Å². The first-order chi connectivity index (χ1) is 7.71. The summed E-state index contributed by atoms with van der Waals surface area (Å²) in [6.07, 6.45) is 0.0156. The first kappa shape index (κ1) is 12.8. The lowest BCUT2D eigenvalue weighted by atomic mass is 10.1. The Morgan fingerprint density at radius 1 is 1.38 bits per heavy atom. The third-order valence-electron chi connectivity index (χ3n) is 2.27. The van der Waals surface area contributed by atoms with E-state index in [0.717, 1.165) is 11.3 Å². The Morgan fingerprint density at radius 2 is 2.12 bits per heavy atom. The molecule has 0 spiro atoms. The molecule has 0 aromatic heterocycles. The fourth-order valence-corrected chi connectivity index (χ4v) is 1.47. The number of rotatable bonds is 6. The molecule has 4 nitrogen and oxygen atoms in total. The summed E-state index contributed by atoms with van der Waals surface area (Å²) in [5.41, 5.74) is 6.35. The average Bonchev–Trinajstić information content (AvgIpc) is 2.31. The summed E-state index contributed by atoms with van der Waals surface area (Å²) in [4.78, 5) is 0. The van der Waals surface area contributed by atoms with Gasteiger partial charge in [0, 0.05) is 6.54 Å². The average molecular weight is 225 g/mol. The monoisotopic (exact) mass is 225 g/mol. The number of hydrogen-bond acceptors (Lipinski definition) is 4. The van der Waals surface area contributed by atoms with Gasteiger partial charge in [-0.25, -0.2) is 0 Å². The second-order valence-corrected chi connectivity index (χ2v) is 3.51. The van der Waals surface area contributed by atoms with Crippen LogP contribution in [0, 0.1) is 0 Å². The molecule has 0 fully saturated rings. The predicted molar refractivity (Wildman–Crippen MR) is 62.9 cm³/mol. The zero-order valence-electron chi connectivity index (χ0n) is 9.77. The Kier molecular flexibility index (Phi) is 5.08. The molecule has 0 bridgehead atoms. The van der Waals surface area contributed by atoms with Gasteiger partial charge in [-0.3, -0.25) is 0 Å². The highest BCUT2D eigenvalue weighted by Crippen LogP contribution is 2.28.